The van der Waals surface area contributed by atoms with Gasteiger partial charge in [-0.1, -0.05) is 0 Å². The van der Waals surface area contributed by atoms with Crippen LogP contribution in [0.3, 0.4) is 0 Å². The first-order valence-electron chi connectivity index (χ1n) is 8.22. The number of aromatic nitrogens is 1. The van der Waals surface area contributed by atoms with E-state index >= 15 is 0 Å². The maximum atomic E-state index is 5.90. The summed E-state index contributed by atoms with van der Waals surface area (Å²) in [6, 6.07) is 8.36. The third-order valence-corrected chi connectivity index (χ3v) is 5.28. The number of oxazole rings is 1. The number of nitrogens with two attached hydrogens (primary N) is 1. The lowest BCUT2D eigenvalue weighted by atomic mass is 9.98. The van der Waals surface area contributed by atoms with Gasteiger partial charge in [0.15, 0.2) is 0 Å². The highest BCUT2D eigenvalue weighted by Crippen LogP contribution is 2.26. The summed E-state index contributed by atoms with van der Waals surface area (Å²) in [6.45, 7) is 5.84. The quantitative estimate of drug-likeness (QED) is 0.750. The molecule has 0 amide bonds. The van der Waals surface area contributed by atoms with Crippen LogP contribution in [0, 0.1) is 12.8 Å². The number of thioether (sulfide) groups is 1. The van der Waals surface area contributed by atoms with Gasteiger partial charge >= 0.3 is 0 Å². The molecule has 1 unspecified atom stereocenters. The van der Waals surface area contributed by atoms with E-state index in [1.807, 2.05) is 6.92 Å². The topological polar surface area (TPSA) is 55.3 Å². The lowest BCUT2D eigenvalue weighted by Crippen LogP contribution is -2.38. The van der Waals surface area contributed by atoms with E-state index < -0.39 is 0 Å². The Labute approximate surface area is 166 Å². The zero-order valence-corrected chi connectivity index (χ0v) is 17.2. The maximum Gasteiger partial charge on any atom is 0.226 e. The molecule has 7 heteroatoms. The van der Waals surface area contributed by atoms with Crippen LogP contribution in [-0.4, -0.2) is 35.8 Å². The van der Waals surface area contributed by atoms with Gasteiger partial charge in [-0.3, -0.25) is 4.90 Å². The lowest BCUT2D eigenvalue weighted by molar-refractivity contribution is 0.169. The van der Waals surface area contributed by atoms with Crippen LogP contribution in [0.5, 0.6) is 0 Å². The molecule has 0 saturated carbocycles. The molecular formula is C18H27Cl2N3OS. The van der Waals surface area contributed by atoms with Gasteiger partial charge in [0.05, 0.1) is 5.69 Å². The van der Waals surface area contributed by atoms with E-state index in [1.165, 1.54) is 17.7 Å². The van der Waals surface area contributed by atoms with E-state index in [4.69, 9.17) is 15.1 Å². The van der Waals surface area contributed by atoms with Crippen molar-refractivity contribution in [3.63, 3.8) is 0 Å². The second kappa shape index (κ2) is 10.4. The van der Waals surface area contributed by atoms with E-state index in [1.54, 1.807) is 11.8 Å². The standard InChI is InChI=1S/C18H25N3OS.2ClH/c1-13-17(12-21-9-3-4-14(10-19)11-21)20-18(22-13)15-5-7-16(23-2)8-6-15;;/h5-8,14H,3-4,9-12,19H2,1-2H3;2*1H. The molecule has 1 aromatic carbocycles. The van der Waals surface area contributed by atoms with Gasteiger partial charge in [0.25, 0.3) is 0 Å². The number of halogens is 2. The number of likely N-dealkylation sites (tertiary alicyclic amines) is 1. The van der Waals surface area contributed by atoms with Gasteiger partial charge in [-0.2, -0.15) is 0 Å². The Bertz CT molecular complexity index is 648. The molecule has 1 saturated heterocycles. The van der Waals surface area contributed by atoms with Crippen LogP contribution in [0.1, 0.15) is 24.3 Å². The predicted octanol–water partition coefficient (Wildman–Crippen LogP) is 4.39. The highest BCUT2D eigenvalue weighted by Gasteiger charge is 2.21. The zero-order valence-electron chi connectivity index (χ0n) is 14.7. The third-order valence-electron chi connectivity index (χ3n) is 4.54. The lowest BCUT2D eigenvalue weighted by Gasteiger charge is -2.31. The highest BCUT2D eigenvalue weighted by atomic mass is 35.5. The number of piperidine rings is 1. The van der Waals surface area contributed by atoms with Crippen molar-refractivity contribution >= 4 is 36.6 Å². The van der Waals surface area contributed by atoms with Crippen LogP contribution in [0.4, 0.5) is 0 Å². The van der Waals surface area contributed by atoms with Gasteiger partial charge in [0, 0.05) is 23.5 Å². The smallest absolute Gasteiger partial charge is 0.226 e. The van der Waals surface area contributed by atoms with Gasteiger partial charge in [0.2, 0.25) is 5.89 Å². The van der Waals surface area contributed by atoms with Crippen LogP contribution >= 0.6 is 36.6 Å². The fraction of sp³-hybridized carbons (Fsp3) is 0.500. The minimum Gasteiger partial charge on any atom is -0.441 e. The molecule has 3 rings (SSSR count). The van der Waals surface area contributed by atoms with Crippen molar-refractivity contribution in [3.05, 3.63) is 35.7 Å². The Morgan fingerprint density at radius 2 is 2.00 bits per heavy atom. The van der Waals surface area contributed by atoms with Crippen LogP contribution < -0.4 is 5.73 Å². The SMILES string of the molecule is CSc1ccc(-c2nc(CN3CCCC(CN)C3)c(C)o2)cc1.Cl.Cl. The fourth-order valence-electron chi connectivity index (χ4n) is 3.13. The largest absolute Gasteiger partial charge is 0.441 e. The van der Waals surface area contributed by atoms with E-state index in [2.05, 4.69) is 35.4 Å². The third kappa shape index (κ3) is 5.63. The molecule has 0 radical (unpaired) electrons. The maximum absolute atomic E-state index is 5.90. The van der Waals surface area contributed by atoms with Gasteiger partial charge in [-0.15, -0.1) is 36.6 Å². The molecule has 2 heterocycles. The van der Waals surface area contributed by atoms with Crippen LogP contribution in [0.25, 0.3) is 11.5 Å². The van der Waals surface area contributed by atoms with Gasteiger partial charge in [-0.05, 0) is 69.3 Å². The highest BCUT2D eigenvalue weighted by molar-refractivity contribution is 7.98. The molecule has 1 aliphatic rings. The molecule has 4 nitrogen and oxygen atoms in total. The van der Waals surface area contributed by atoms with Gasteiger partial charge in [0.1, 0.15) is 5.76 Å². The number of rotatable bonds is 5. The average molecular weight is 404 g/mol. The molecule has 0 bridgehead atoms. The Kier molecular flexibility index (Phi) is 9.32. The summed E-state index contributed by atoms with van der Waals surface area (Å²) in [5.41, 5.74) is 7.92. The van der Waals surface area contributed by atoms with Crippen molar-refractivity contribution in [1.29, 1.82) is 0 Å². The molecule has 0 spiro atoms. The van der Waals surface area contributed by atoms with Crippen LogP contribution in [0.2, 0.25) is 0 Å². The normalized spacial score (nSPS) is 17.6. The van der Waals surface area contributed by atoms with Gasteiger partial charge < -0.3 is 10.2 Å². The van der Waals surface area contributed by atoms with E-state index in [-0.39, 0.29) is 24.8 Å². The van der Waals surface area contributed by atoms with Crippen molar-refractivity contribution in [2.75, 3.05) is 25.9 Å². The Morgan fingerprint density at radius 1 is 1.28 bits per heavy atom. The first-order chi connectivity index (χ1) is 11.2. The summed E-state index contributed by atoms with van der Waals surface area (Å²) in [7, 11) is 0. The number of aryl methyl sites for hydroxylation is 1. The zero-order chi connectivity index (χ0) is 16.2. The van der Waals surface area contributed by atoms with Crippen molar-refractivity contribution < 1.29 is 4.42 Å². The summed E-state index contributed by atoms with van der Waals surface area (Å²) in [5.74, 6) is 2.26. The minimum atomic E-state index is 0. The molecule has 2 N–H and O–H groups in total. The molecule has 0 aliphatic carbocycles. The Hall–Kier alpha value is -0.720. The number of benzene rings is 1. The molecule has 1 fully saturated rings. The summed E-state index contributed by atoms with van der Waals surface area (Å²) in [6.07, 6.45) is 4.55. The minimum absolute atomic E-state index is 0. The molecule has 25 heavy (non-hydrogen) atoms. The van der Waals surface area contributed by atoms with Crippen LogP contribution in [0.15, 0.2) is 33.6 Å². The second-order valence-electron chi connectivity index (χ2n) is 6.23. The molecule has 140 valence electrons. The summed E-state index contributed by atoms with van der Waals surface area (Å²) in [5, 5.41) is 0. The Morgan fingerprint density at radius 3 is 2.64 bits per heavy atom. The van der Waals surface area contributed by atoms with Gasteiger partial charge in [-0.25, -0.2) is 4.98 Å². The van der Waals surface area contributed by atoms with Crippen molar-refractivity contribution in [3.8, 4) is 11.5 Å². The molecular weight excluding hydrogens is 377 g/mol. The molecule has 1 atom stereocenters. The molecule has 1 aromatic heterocycles. The van der Waals surface area contributed by atoms with Crippen molar-refractivity contribution in [2.45, 2.75) is 31.2 Å². The van der Waals surface area contributed by atoms with E-state index in [9.17, 15) is 0 Å². The summed E-state index contributed by atoms with van der Waals surface area (Å²) < 4.78 is 5.90. The van der Waals surface area contributed by atoms with E-state index in [0.29, 0.717) is 5.92 Å². The predicted molar refractivity (Wildman–Crippen MR) is 110 cm³/mol. The first kappa shape index (κ1) is 22.3. The number of hydrogen-bond donors (Lipinski definition) is 1. The monoisotopic (exact) mass is 403 g/mol. The first-order valence-corrected chi connectivity index (χ1v) is 9.45. The summed E-state index contributed by atoms with van der Waals surface area (Å²) >= 11 is 1.74. The van der Waals surface area contributed by atoms with Crippen LogP contribution in [-0.2, 0) is 6.54 Å². The number of hydrogen-bond acceptors (Lipinski definition) is 5. The second-order valence-corrected chi connectivity index (χ2v) is 7.11. The van der Waals surface area contributed by atoms with E-state index in [0.717, 1.165) is 49.1 Å². The fourth-order valence-corrected chi connectivity index (χ4v) is 3.54. The Balaban J connectivity index is 0.00000156. The average Bonchev–Trinajstić information content (AvgIpc) is 2.96. The number of nitrogens with zero attached hydrogens (tertiary/aromatic N) is 2. The molecule has 1 aliphatic heterocycles. The van der Waals surface area contributed by atoms with Crippen molar-refractivity contribution in [2.24, 2.45) is 11.7 Å². The molecule has 2 aromatic rings. The van der Waals surface area contributed by atoms with Crippen molar-refractivity contribution in [1.82, 2.24) is 9.88 Å². The summed E-state index contributed by atoms with van der Waals surface area (Å²) in [4.78, 5) is 8.43.